The third-order valence-corrected chi connectivity index (χ3v) is 6.94. The first-order valence-corrected chi connectivity index (χ1v) is 13.9. The second-order valence-electron chi connectivity index (χ2n) is 11.2. The molecule has 10 heteroatoms. The third kappa shape index (κ3) is 8.91. The standard InChI is InChI=1S/C31H41N5O5/c1-18(2)14-26(31(40)41)35-29(38)25(16-21-17-33-24-13-9-8-12-22(21)24)34-30(39)27(19(3)4)36-28(37)23(32)15-20-10-6-5-7-11-20/h5-13,17-19,23,25-27,33H,14-16,32H2,1-4H3,(H,34,39)(H,35,38)(H,36,37)(H,40,41). The predicted molar refractivity (Wildman–Crippen MR) is 158 cm³/mol. The van der Waals surface area contributed by atoms with E-state index in [1.165, 1.54) is 0 Å². The molecule has 0 spiro atoms. The average molecular weight is 564 g/mol. The Bertz CT molecular complexity index is 1340. The molecule has 2 aromatic carbocycles. The molecule has 0 radical (unpaired) electrons. The molecule has 0 aliphatic carbocycles. The van der Waals surface area contributed by atoms with E-state index in [0.717, 1.165) is 22.0 Å². The van der Waals surface area contributed by atoms with E-state index in [2.05, 4.69) is 20.9 Å². The van der Waals surface area contributed by atoms with Crippen molar-refractivity contribution in [2.75, 3.05) is 0 Å². The largest absolute Gasteiger partial charge is 0.480 e. The van der Waals surface area contributed by atoms with Crippen LogP contribution in [0.5, 0.6) is 0 Å². The van der Waals surface area contributed by atoms with Gasteiger partial charge in [-0.3, -0.25) is 14.4 Å². The molecule has 0 saturated heterocycles. The van der Waals surface area contributed by atoms with Crippen LogP contribution in [-0.4, -0.2) is 57.9 Å². The average Bonchev–Trinajstić information content (AvgIpc) is 3.33. The van der Waals surface area contributed by atoms with Gasteiger partial charge in [0.05, 0.1) is 6.04 Å². The fourth-order valence-electron chi connectivity index (χ4n) is 4.71. The first-order valence-electron chi connectivity index (χ1n) is 13.9. The Kier molecular flexibility index (Phi) is 11.0. The molecule has 1 aromatic heterocycles. The van der Waals surface area contributed by atoms with Gasteiger partial charge in [0, 0.05) is 23.5 Å². The zero-order valence-corrected chi connectivity index (χ0v) is 24.0. The lowest BCUT2D eigenvalue weighted by Gasteiger charge is -2.27. The molecule has 0 bridgehead atoms. The van der Waals surface area contributed by atoms with Crippen molar-refractivity contribution < 1.29 is 24.3 Å². The fraction of sp³-hybridized carbons (Fsp3) is 0.419. The van der Waals surface area contributed by atoms with E-state index >= 15 is 0 Å². The van der Waals surface area contributed by atoms with E-state index in [1.807, 2.05) is 68.4 Å². The summed E-state index contributed by atoms with van der Waals surface area (Å²) in [6.45, 7) is 7.30. The lowest BCUT2D eigenvalue weighted by molar-refractivity contribution is -0.142. The van der Waals surface area contributed by atoms with E-state index in [0.29, 0.717) is 6.42 Å². The number of hydrogen-bond acceptors (Lipinski definition) is 5. The number of H-pyrrole nitrogens is 1. The number of para-hydroxylation sites is 1. The molecule has 3 amide bonds. The predicted octanol–water partition coefficient (Wildman–Crippen LogP) is 2.52. The molecule has 41 heavy (non-hydrogen) atoms. The summed E-state index contributed by atoms with van der Waals surface area (Å²) in [5.74, 6) is -3.10. The Morgan fingerprint density at radius 1 is 0.805 bits per heavy atom. The van der Waals surface area contributed by atoms with E-state index in [9.17, 15) is 24.3 Å². The van der Waals surface area contributed by atoms with Crippen LogP contribution in [0.1, 0.15) is 45.2 Å². The van der Waals surface area contributed by atoms with Crippen LogP contribution < -0.4 is 21.7 Å². The highest BCUT2D eigenvalue weighted by Gasteiger charge is 2.32. The van der Waals surface area contributed by atoms with Crippen LogP contribution in [0.25, 0.3) is 10.9 Å². The topological polar surface area (TPSA) is 166 Å². The van der Waals surface area contributed by atoms with Crippen LogP contribution in [0.2, 0.25) is 0 Å². The summed E-state index contributed by atoms with van der Waals surface area (Å²) >= 11 is 0. The van der Waals surface area contributed by atoms with Gasteiger partial charge in [0.15, 0.2) is 0 Å². The van der Waals surface area contributed by atoms with Gasteiger partial charge in [-0.15, -0.1) is 0 Å². The van der Waals surface area contributed by atoms with Gasteiger partial charge >= 0.3 is 5.97 Å². The van der Waals surface area contributed by atoms with Gasteiger partial charge in [-0.2, -0.15) is 0 Å². The number of nitrogens with one attached hydrogen (secondary N) is 4. The summed E-state index contributed by atoms with van der Waals surface area (Å²) in [6, 6.07) is 12.9. The summed E-state index contributed by atoms with van der Waals surface area (Å²) in [5, 5.41) is 18.7. The van der Waals surface area contributed by atoms with Gasteiger partial charge in [0.2, 0.25) is 17.7 Å². The lowest BCUT2D eigenvalue weighted by atomic mass is 9.99. The SMILES string of the molecule is CC(C)CC(NC(=O)C(Cc1c[nH]c2ccccc12)NC(=O)C(NC(=O)C(N)Cc1ccccc1)C(C)C)C(=O)O. The summed E-state index contributed by atoms with van der Waals surface area (Å²) in [7, 11) is 0. The monoisotopic (exact) mass is 563 g/mol. The van der Waals surface area contributed by atoms with Gasteiger partial charge in [0.1, 0.15) is 18.1 Å². The summed E-state index contributed by atoms with van der Waals surface area (Å²) < 4.78 is 0. The van der Waals surface area contributed by atoms with Crippen molar-refractivity contribution in [3.8, 4) is 0 Å². The molecule has 7 N–H and O–H groups in total. The van der Waals surface area contributed by atoms with Crippen LogP contribution in [0.15, 0.2) is 60.8 Å². The summed E-state index contributed by atoms with van der Waals surface area (Å²) in [4.78, 5) is 55.0. The number of aromatic amines is 1. The van der Waals surface area contributed by atoms with E-state index < -0.39 is 47.9 Å². The Labute approximate surface area is 240 Å². The van der Waals surface area contributed by atoms with E-state index in [4.69, 9.17) is 5.73 Å². The smallest absolute Gasteiger partial charge is 0.326 e. The maximum absolute atomic E-state index is 13.5. The maximum Gasteiger partial charge on any atom is 0.326 e. The number of fused-ring (bicyclic) bond motifs is 1. The second kappa shape index (κ2) is 14.5. The Hall–Kier alpha value is -4.18. The number of aromatic nitrogens is 1. The lowest BCUT2D eigenvalue weighted by Crippen LogP contribution is -2.59. The number of carboxylic acids is 1. The highest BCUT2D eigenvalue weighted by Crippen LogP contribution is 2.20. The minimum Gasteiger partial charge on any atom is -0.480 e. The molecule has 4 atom stereocenters. The number of amides is 3. The van der Waals surface area contributed by atoms with Crippen LogP contribution in [-0.2, 0) is 32.0 Å². The number of hydrogen-bond donors (Lipinski definition) is 6. The van der Waals surface area contributed by atoms with Crippen LogP contribution in [0, 0.1) is 11.8 Å². The minimum absolute atomic E-state index is 0.0266. The Balaban J connectivity index is 1.80. The number of carboxylic acid groups (broad SMARTS) is 1. The number of aliphatic carboxylic acids is 1. The molecule has 1 heterocycles. The minimum atomic E-state index is -1.15. The van der Waals surface area contributed by atoms with Crippen molar-refractivity contribution in [3.63, 3.8) is 0 Å². The third-order valence-electron chi connectivity index (χ3n) is 6.94. The molecule has 0 aliphatic heterocycles. The van der Waals surface area contributed by atoms with Gasteiger partial charge in [-0.05, 0) is 41.9 Å². The quantitative estimate of drug-likeness (QED) is 0.176. The molecule has 4 unspecified atom stereocenters. The van der Waals surface area contributed by atoms with Crippen LogP contribution in [0.4, 0.5) is 0 Å². The second-order valence-corrected chi connectivity index (χ2v) is 11.2. The normalized spacial score (nSPS) is 14.3. The van der Waals surface area contributed by atoms with Crippen molar-refractivity contribution in [3.05, 3.63) is 71.9 Å². The molecule has 220 valence electrons. The fourth-order valence-corrected chi connectivity index (χ4v) is 4.71. The number of benzene rings is 2. The van der Waals surface area contributed by atoms with Crippen molar-refractivity contribution in [1.29, 1.82) is 0 Å². The highest BCUT2D eigenvalue weighted by molar-refractivity contribution is 5.95. The summed E-state index contributed by atoms with van der Waals surface area (Å²) in [5.41, 5.74) is 8.70. The highest BCUT2D eigenvalue weighted by atomic mass is 16.4. The van der Waals surface area contributed by atoms with Crippen molar-refractivity contribution in [2.45, 2.75) is 71.1 Å². The van der Waals surface area contributed by atoms with E-state index in [-0.39, 0.29) is 24.7 Å². The molecule has 0 fully saturated rings. The molecule has 0 saturated carbocycles. The molecule has 10 nitrogen and oxygen atoms in total. The van der Waals surface area contributed by atoms with Crippen LogP contribution >= 0.6 is 0 Å². The number of carbonyl (C=O) groups excluding carboxylic acids is 3. The van der Waals surface area contributed by atoms with Gasteiger partial charge in [-0.1, -0.05) is 76.2 Å². The van der Waals surface area contributed by atoms with Gasteiger partial charge < -0.3 is 31.8 Å². The molecule has 0 aliphatic rings. The molecule has 3 aromatic rings. The molecule has 3 rings (SSSR count). The molecular weight excluding hydrogens is 522 g/mol. The Morgan fingerprint density at radius 3 is 2.07 bits per heavy atom. The first kappa shape index (κ1) is 31.3. The van der Waals surface area contributed by atoms with Crippen LogP contribution in [0.3, 0.4) is 0 Å². The maximum atomic E-state index is 13.5. The number of rotatable bonds is 14. The summed E-state index contributed by atoms with van der Waals surface area (Å²) in [6.07, 6.45) is 2.42. The van der Waals surface area contributed by atoms with Gasteiger partial charge in [0.25, 0.3) is 0 Å². The van der Waals surface area contributed by atoms with E-state index in [1.54, 1.807) is 20.0 Å². The first-order chi connectivity index (χ1) is 19.5. The number of nitrogens with two attached hydrogens (primary N) is 1. The zero-order valence-electron chi connectivity index (χ0n) is 24.0. The Morgan fingerprint density at radius 2 is 1.44 bits per heavy atom. The molecular formula is C31H41N5O5. The number of carbonyl (C=O) groups is 4. The van der Waals surface area contributed by atoms with Gasteiger partial charge in [-0.25, -0.2) is 4.79 Å². The zero-order chi connectivity index (χ0) is 30.1. The van der Waals surface area contributed by atoms with Crippen molar-refractivity contribution in [2.24, 2.45) is 17.6 Å². The van der Waals surface area contributed by atoms with Crippen molar-refractivity contribution in [1.82, 2.24) is 20.9 Å². The van der Waals surface area contributed by atoms with Crippen molar-refractivity contribution >= 4 is 34.6 Å².